The molecule has 2 unspecified atom stereocenters. The Labute approximate surface area is 109 Å². The summed E-state index contributed by atoms with van der Waals surface area (Å²) in [6, 6.07) is -0.0956. The van der Waals surface area contributed by atoms with Crippen molar-refractivity contribution in [3.63, 3.8) is 0 Å². The highest BCUT2D eigenvalue weighted by Gasteiger charge is 2.20. The van der Waals surface area contributed by atoms with Gasteiger partial charge in [-0.15, -0.1) is 11.3 Å². The SMILES string of the molecule is Cc1ncc(S(=O)(=O)NC(C)CC(C)Br)s1. The van der Waals surface area contributed by atoms with E-state index in [4.69, 9.17) is 0 Å². The molecule has 0 saturated carbocycles. The highest BCUT2D eigenvalue weighted by Crippen LogP contribution is 2.18. The highest BCUT2D eigenvalue weighted by molar-refractivity contribution is 9.09. The molecule has 0 aliphatic carbocycles. The molecule has 0 aliphatic rings. The third kappa shape index (κ3) is 4.12. The number of rotatable bonds is 5. The first-order chi connectivity index (χ1) is 7.31. The maximum absolute atomic E-state index is 11.9. The molecule has 0 saturated heterocycles. The predicted octanol–water partition coefficient (Wildman–Crippen LogP) is 2.29. The maximum atomic E-state index is 11.9. The van der Waals surface area contributed by atoms with Crippen LogP contribution in [0.5, 0.6) is 0 Å². The molecule has 0 aliphatic heterocycles. The summed E-state index contributed by atoms with van der Waals surface area (Å²) in [5.74, 6) is 0. The Balaban J connectivity index is 2.73. The van der Waals surface area contributed by atoms with Crippen molar-refractivity contribution in [3.05, 3.63) is 11.2 Å². The number of hydrogen-bond donors (Lipinski definition) is 1. The van der Waals surface area contributed by atoms with Gasteiger partial charge in [0.05, 0.1) is 11.2 Å². The van der Waals surface area contributed by atoms with Crippen LogP contribution >= 0.6 is 27.3 Å². The van der Waals surface area contributed by atoms with Gasteiger partial charge in [0.2, 0.25) is 0 Å². The van der Waals surface area contributed by atoms with Gasteiger partial charge < -0.3 is 0 Å². The average molecular weight is 327 g/mol. The number of aromatic nitrogens is 1. The van der Waals surface area contributed by atoms with E-state index < -0.39 is 10.0 Å². The first kappa shape index (κ1) is 14.1. The molecule has 2 atom stereocenters. The van der Waals surface area contributed by atoms with Crippen LogP contribution in [-0.4, -0.2) is 24.3 Å². The Kier molecular flexibility index (Phi) is 4.90. The van der Waals surface area contributed by atoms with Gasteiger partial charge in [-0.05, 0) is 20.3 Å². The van der Waals surface area contributed by atoms with Crippen LogP contribution in [0.25, 0.3) is 0 Å². The standard InChI is InChI=1S/C9H15BrN2O2S2/c1-6(10)4-7(2)12-16(13,14)9-5-11-8(3)15-9/h5-7,12H,4H2,1-3H3. The summed E-state index contributed by atoms with van der Waals surface area (Å²) in [5, 5.41) is 0.752. The van der Waals surface area contributed by atoms with E-state index in [1.165, 1.54) is 17.5 Å². The number of thiazole rings is 1. The first-order valence-corrected chi connectivity index (χ1v) is 8.11. The number of sulfonamides is 1. The molecule has 7 heteroatoms. The van der Waals surface area contributed by atoms with Crippen molar-refractivity contribution < 1.29 is 8.42 Å². The molecule has 1 rings (SSSR count). The van der Waals surface area contributed by atoms with Crippen LogP contribution in [0.1, 0.15) is 25.3 Å². The van der Waals surface area contributed by atoms with Crippen molar-refractivity contribution >= 4 is 37.3 Å². The maximum Gasteiger partial charge on any atom is 0.251 e. The number of hydrogen-bond acceptors (Lipinski definition) is 4. The van der Waals surface area contributed by atoms with Crippen molar-refractivity contribution in [3.8, 4) is 0 Å². The van der Waals surface area contributed by atoms with Crippen molar-refractivity contribution in [2.75, 3.05) is 0 Å². The first-order valence-electron chi connectivity index (χ1n) is 4.90. The van der Waals surface area contributed by atoms with Crippen molar-refractivity contribution in [2.45, 2.75) is 42.3 Å². The largest absolute Gasteiger partial charge is 0.251 e. The lowest BCUT2D eigenvalue weighted by atomic mass is 10.2. The van der Waals surface area contributed by atoms with Crippen LogP contribution in [-0.2, 0) is 10.0 Å². The Morgan fingerprint density at radius 1 is 1.56 bits per heavy atom. The zero-order valence-electron chi connectivity index (χ0n) is 9.40. The number of aryl methyl sites for hydroxylation is 1. The molecule has 0 fully saturated rings. The quantitative estimate of drug-likeness (QED) is 0.844. The lowest BCUT2D eigenvalue weighted by Gasteiger charge is -2.14. The van der Waals surface area contributed by atoms with Crippen molar-refractivity contribution in [1.82, 2.24) is 9.71 Å². The van der Waals surface area contributed by atoms with Crippen LogP contribution in [0.3, 0.4) is 0 Å². The van der Waals surface area contributed by atoms with Gasteiger partial charge in [0.15, 0.2) is 4.21 Å². The van der Waals surface area contributed by atoms with E-state index in [2.05, 4.69) is 25.6 Å². The fourth-order valence-electron chi connectivity index (χ4n) is 1.32. The molecule has 0 aromatic carbocycles. The summed E-state index contributed by atoms with van der Waals surface area (Å²) in [7, 11) is -3.40. The molecular weight excluding hydrogens is 312 g/mol. The molecule has 0 bridgehead atoms. The summed E-state index contributed by atoms with van der Waals surface area (Å²) in [6.45, 7) is 5.62. The fourth-order valence-corrected chi connectivity index (χ4v) is 4.27. The Morgan fingerprint density at radius 3 is 2.62 bits per heavy atom. The Hall–Kier alpha value is 0.0200. The van der Waals surface area contributed by atoms with Crippen LogP contribution in [0.15, 0.2) is 10.4 Å². The van der Waals surface area contributed by atoms with E-state index in [1.54, 1.807) is 6.92 Å². The van der Waals surface area contributed by atoms with Crippen LogP contribution in [0.2, 0.25) is 0 Å². The van der Waals surface area contributed by atoms with E-state index >= 15 is 0 Å². The van der Waals surface area contributed by atoms with Gasteiger partial charge in [-0.25, -0.2) is 18.1 Å². The predicted molar refractivity (Wildman–Crippen MR) is 69.6 cm³/mol. The smallest absolute Gasteiger partial charge is 0.249 e. The fraction of sp³-hybridized carbons (Fsp3) is 0.667. The van der Waals surface area contributed by atoms with Gasteiger partial charge in [-0.1, -0.05) is 22.9 Å². The molecular formula is C9H15BrN2O2S2. The topological polar surface area (TPSA) is 59.1 Å². The van der Waals surface area contributed by atoms with Gasteiger partial charge in [-0.3, -0.25) is 0 Å². The molecule has 0 radical (unpaired) electrons. The summed E-state index contributed by atoms with van der Waals surface area (Å²) in [4.78, 5) is 4.23. The zero-order chi connectivity index (χ0) is 12.3. The number of nitrogens with zero attached hydrogens (tertiary/aromatic N) is 1. The highest BCUT2D eigenvalue weighted by atomic mass is 79.9. The van der Waals surface area contributed by atoms with E-state index in [0.29, 0.717) is 0 Å². The van der Waals surface area contributed by atoms with E-state index in [1.807, 2.05) is 13.8 Å². The molecule has 0 amide bonds. The molecule has 0 spiro atoms. The van der Waals surface area contributed by atoms with Gasteiger partial charge in [0.1, 0.15) is 0 Å². The molecule has 1 heterocycles. The van der Waals surface area contributed by atoms with Gasteiger partial charge in [0, 0.05) is 10.9 Å². The van der Waals surface area contributed by atoms with Crippen molar-refractivity contribution in [2.24, 2.45) is 0 Å². The summed E-state index contributed by atoms with van der Waals surface area (Å²) in [5.41, 5.74) is 0. The van der Waals surface area contributed by atoms with Crippen LogP contribution in [0, 0.1) is 6.92 Å². The minimum atomic E-state index is -3.40. The zero-order valence-corrected chi connectivity index (χ0v) is 12.6. The van der Waals surface area contributed by atoms with E-state index in [-0.39, 0.29) is 15.1 Å². The molecule has 92 valence electrons. The lowest BCUT2D eigenvalue weighted by molar-refractivity contribution is 0.549. The molecule has 16 heavy (non-hydrogen) atoms. The summed E-state index contributed by atoms with van der Waals surface area (Å²) < 4.78 is 26.7. The molecule has 1 N–H and O–H groups in total. The van der Waals surface area contributed by atoms with E-state index in [9.17, 15) is 8.42 Å². The van der Waals surface area contributed by atoms with Gasteiger partial charge >= 0.3 is 0 Å². The molecule has 1 aromatic heterocycles. The minimum Gasteiger partial charge on any atom is -0.249 e. The third-order valence-corrected chi connectivity index (χ3v) is 5.24. The number of nitrogens with one attached hydrogen (secondary N) is 1. The van der Waals surface area contributed by atoms with Crippen molar-refractivity contribution in [1.29, 1.82) is 0 Å². The Morgan fingerprint density at radius 2 is 2.19 bits per heavy atom. The average Bonchev–Trinajstić information content (AvgIpc) is 2.49. The Bertz CT molecular complexity index is 442. The lowest BCUT2D eigenvalue weighted by Crippen LogP contribution is -2.33. The van der Waals surface area contributed by atoms with Crippen LogP contribution in [0.4, 0.5) is 0 Å². The van der Waals surface area contributed by atoms with Gasteiger partial charge in [0.25, 0.3) is 10.0 Å². The monoisotopic (exact) mass is 326 g/mol. The van der Waals surface area contributed by atoms with Gasteiger partial charge in [-0.2, -0.15) is 0 Å². The third-order valence-electron chi connectivity index (χ3n) is 1.90. The van der Waals surface area contributed by atoms with E-state index in [0.717, 1.165) is 11.4 Å². The summed E-state index contributed by atoms with van der Waals surface area (Å²) >= 11 is 4.58. The number of halogens is 1. The molecule has 1 aromatic rings. The summed E-state index contributed by atoms with van der Waals surface area (Å²) in [6.07, 6.45) is 2.14. The second-order valence-corrected chi connectivity index (χ2v) is 8.48. The second-order valence-electron chi connectivity index (χ2n) is 3.74. The second kappa shape index (κ2) is 5.57. The molecule has 4 nitrogen and oxygen atoms in total. The normalized spacial score (nSPS) is 16.0. The minimum absolute atomic E-state index is 0.0956. The number of alkyl halides is 1. The van der Waals surface area contributed by atoms with Crippen LogP contribution < -0.4 is 4.72 Å².